The normalized spacial score (nSPS) is 19.1. The Kier molecular flexibility index (Phi) is 5.22. The van der Waals surface area contributed by atoms with Crippen molar-refractivity contribution in [2.45, 2.75) is 44.6 Å². The fraction of sp³-hybridized carbons (Fsp3) is 0.818. The number of hydrogen-bond acceptors (Lipinski definition) is 2. The zero-order valence-corrected chi connectivity index (χ0v) is 9.25. The first-order valence-electron chi connectivity index (χ1n) is 5.71. The van der Waals surface area contributed by atoms with E-state index in [1.165, 1.54) is 6.42 Å². The van der Waals surface area contributed by atoms with Gasteiger partial charge >= 0.3 is 5.97 Å². The Balaban J connectivity index is 2.31. The molecule has 0 aromatic carbocycles. The molecule has 0 spiro atoms. The van der Waals surface area contributed by atoms with Gasteiger partial charge < -0.3 is 10.4 Å². The summed E-state index contributed by atoms with van der Waals surface area (Å²) >= 11 is 0. The maximum atomic E-state index is 12.3. The molecule has 0 aromatic rings. The van der Waals surface area contributed by atoms with Gasteiger partial charge in [-0.05, 0) is 18.8 Å². The first-order chi connectivity index (χ1) is 7.63. The lowest BCUT2D eigenvalue weighted by Crippen LogP contribution is -2.42. The second kappa shape index (κ2) is 6.45. The average molecular weight is 231 g/mol. The number of carboxylic acid groups (broad SMARTS) is 1. The van der Waals surface area contributed by atoms with E-state index in [0.29, 0.717) is 12.3 Å². The van der Waals surface area contributed by atoms with E-state index in [-0.39, 0.29) is 5.91 Å². The lowest BCUT2D eigenvalue weighted by Gasteiger charge is -2.21. The van der Waals surface area contributed by atoms with Gasteiger partial charge in [-0.3, -0.25) is 4.79 Å². The summed E-state index contributed by atoms with van der Waals surface area (Å²) in [5, 5.41) is 10.8. The van der Waals surface area contributed by atoms with Gasteiger partial charge in [0.05, 0.1) is 0 Å². The Hall–Kier alpha value is -1.13. The fourth-order valence-corrected chi connectivity index (χ4v) is 2.07. The van der Waals surface area contributed by atoms with Crippen LogP contribution in [0.5, 0.6) is 0 Å². The SMILES string of the molecule is O=C(CC1CCCCC1)NC(CF)C(=O)O. The van der Waals surface area contributed by atoms with E-state index >= 15 is 0 Å². The van der Waals surface area contributed by atoms with Gasteiger partial charge in [0, 0.05) is 6.42 Å². The minimum atomic E-state index is -1.39. The Morgan fingerprint density at radius 1 is 1.31 bits per heavy atom. The van der Waals surface area contributed by atoms with Crippen molar-refractivity contribution in [3.05, 3.63) is 0 Å². The molecule has 1 fully saturated rings. The summed E-state index contributed by atoms with van der Waals surface area (Å²) in [7, 11) is 0. The summed E-state index contributed by atoms with van der Waals surface area (Å²) < 4.78 is 12.3. The van der Waals surface area contributed by atoms with Gasteiger partial charge in [-0.15, -0.1) is 0 Å². The number of hydrogen-bond donors (Lipinski definition) is 2. The number of carbonyl (C=O) groups excluding carboxylic acids is 1. The standard InChI is InChI=1S/C11H18FNO3/c12-7-9(11(15)16)13-10(14)6-8-4-2-1-3-5-8/h8-9H,1-7H2,(H,13,14)(H,15,16). The summed E-state index contributed by atoms with van der Waals surface area (Å²) in [5.74, 6) is -1.33. The van der Waals surface area contributed by atoms with Crippen LogP contribution in [0, 0.1) is 5.92 Å². The first-order valence-corrected chi connectivity index (χ1v) is 5.71. The van der Waals surface area contributed by atoms with E-state index < -0.39 is 18.7 Å². The van der Waals surface area contributed by atoms with Crippen LogP contribution in [-0.4, -0.2) is 29.7 Å². The minimum Gasteiger partial charge on any atom is -0.480 e. The second-order valence-corrected chi connectivity index (χ2v) is 4.32. The highest BCUT2D eigenvalue weighted by atomic mass is 19.1. The molecule has 5 heteroatoms. The van der Waals surface area contributed by atoms with Crippen molar-refractivity contribution < 1.29 is 19.1 Å². The molecule has 1 unspecified atom stereocenters. The van der Waals surface area contributed by atoms with Crippen molar-refractivity contribution >= 4 is 11.9 Å². The first kappa shape index (κ1) is 12.9. The van der Waals surface area contributed by atoms with Crippen LogP contribution in [0.1, 0.15) is 38.5 Å². The van der Waals surface area contributed by atoms with Crippen molar-refractivity contribution in [1.82, 2.24) is 5.32 Å². The molecule has 0 bridgehead atoms. The predicted octanol–water partition coefficient (Wildman–Crippen LogP) is 1.50. The van der Waals surface area contributed by atoms with Crippen molar-refractivity contribution in [3.8, 4) is 0 Å². The number of carbonyl (C=O) groups is 2. The van der Waals surface area contributed by atoms with Crippen LogP contribution < -0.4 is 5.32 Å². The lowest BCUT2D eigenvalue weighted by molar-refractivity contribution is -0.142. The zero-order chi connectivity index (χ0) is 12.0. The highest BCUT2D eigenvalue weighted by Gasteiger charge is 2.22. The third-order valence-electron chi connectivity index (χ3n) is 2.99. The van der Waals surface area contributed by atoms with E-state index in [0.717, 1.165) is 25.7 Å². The third kappa shape index (κ3) is 4.16. The Morgan fingerprint density at radius 2 is 1.94 bits per heavy atom. The van der Waals surface area contributed by atoms with E-state index in [2.05, 4.69) is 5.32 Å². The number of alkyl halides is 1. The maximum Gasteiger partial charge on any atom is 0.328 e. The molecular weight excluding hydrogens is 213 g/mol. The molecule has 16 heavy (non-hydrogen) atoms. The third-order valence-corrected chi connectivity index (χ3v) is 2.99. The molecule has 1 aliphatic carbocycles. The van der Waals surface area contributed by atoms with Crippen LogP contribution in [0.4, 0.5) is 4.39 Å². The molecule has 4 nitrogen and oxygen atoms in total. The molecule has 1 aliphatic rings. The largest absolute Gasteiger partial charge is 0.480 e. The van der Waals surface area contributed by atoms with Crippen molar-refractivity contribution in [3.63, 3.8) is 0 Å². The van der Waals surface area contributed by atoms with Crippen LogP contribution in [-0.2, 0) is 9.59 Å². The van der Waals surface area contributed by atoms with Gasteiger partial charge in [0.25, 0.3) is 0 Å². The average Bonchev–Trinajstić information content (AvgIpc) is 2.27. The highest BCUT2D eigenvalue weighted by Crippen LogP contribution is 2.26. The van der Waals surface area contributed by atoms with Gasteiger partial charge in [-0.1, -0.05) is 19.3 Å². The predicted molar refractivity (Wildman–Crippen MR) is 56.7 cm³/mol. The minimum absolute atomic E-state index is 0.323. The molecule has 1 amide bonds. The lowest BCUT2D eigenvalue weighted by atomic mass is 9.87. The van der Waals surface area contributed by atoms with E-state index in [1.54, 1.807) is 0 Å². The smallest absolute Gasteiger partial charge is 0.328 e. The number of carboxylic acids is 1. The van der Waals surface area contributed by atoms with Gasteiger partial charge in [0.1, 0.15) is 6.67 Å². The molecule has 2 N–H and O–H groups in total. The molecule has 0 heterocycles. The summed E-state index contributed by atoms with van der Waals surface area (Å²) in [5.41, 5.74) is 0. The molecule has 0 aliphatic heterocycles. The molecule has 0 radical (unpaired) electrons. The monoisotopic (exact) mass is 231 g/mol. The molecule has 1 saturated carbocycles. The quantitative estimate of drug-likeness (QED) is 0.753. The zero-order valence-electron chi connectivity index (χ0n) is 9.25. The van der Waals surface area contributed by atoms with Crippen molar-refractivity contribution in [1.29, 1.82) is 0 Å². The van der Waals surface area contributed by atoms with Crippen LogP contribution in [0.3, 0.4) is 0 Å². The Bertz CT molecular complexity index is 252. The van der Waals surface area contributed by atoms with Crippen LogP contribution in [0.2, 0.25) is 0 Å². The van der Waals surface area contributed by atoms with Crippen LogP contribution in [0.15, 0.2) is 0 Å². The van der Waals surface area contributed by atoms with Crippen LogP contribution in [0.25, 0.3) is 0 Å². The second-order valence-electron chi connectivity index (χ2n) is 4.32. The molecule has 0 aromatic heterocycles. The Morgan fingerprint density at radius 3 is 2.44 bits per heavy atom. The number of aliphatic carboxylic acids is 1. The summed E-state index contributed by atoms with van der Waals surface area (Å²) in [4.78, 5) is 21.9. The summed E-state index contributed by atoms with van der Waals surface area (Å²) in [6, 6.07) is -1.39. The van der Waals surface area contributed by atoms with E-state index in [9.17, 15) is 14.0 Å². The number of rotatable bonds is 5. The van der Waals surface area contributed by atoms with Crippen molar-refractivity contribution in [2.24, 2.45) is 5.92 Å². The number of halogens is 1. The van der Waals surface area contributed by atoms with Crippen molar-refractivity contribution in [2.75, 3.05) is 6.67 Å². The number of nitrogens with one attached hydrogen (secondary N) is 1. The van der Waals surface area contributed by atoms with Crippen LogP contribution >= 0.6 is 0 Å². The van der Waals surface area contributed by atoms with Gasteiger partial charge in [0.15, 0.2) is 6.04 Å². The molecule has 1 rings (SSSR count). The molecular formula is C11H18FNO3. The molecule has 92 valence electrons. The Labute approximate surface area is 94.2 Å². The fourth-order valence-electron chi connectivity index (χ4n) is 2.07. The van der Waals surface area contributed by atoms with E-state index in [4.69, 9.17) is 5.11 Å². The number of amides is 1. The van der Waals surface area contributed by atoms with Gasteiger partial charge in [-0.2, -0.15) is 0 Å². The molecule has 1 atom stereocenters. The molecule has 0 saturated heterocycles. The summed E-state index contributed by atoms with van der Waals surface area (Å²) in [6.07, 6.45) is 5.82. The van der Waals surface area contributed by atoms with Gasteiger partial charge in [-0.25, -0.2) is 9.18 Å². The highest BCUT2D eigenvalue weighted by molar-refractivity contribution is 5.83. The summed E-state index contributed by atoms with van der Waals surface area (Å²) in [6.45, 7) is -1.06. The maximum absolute atomic E-state index is 12.3. The topological polar surface area (TPSA) is 66.4 Å². The van der Waals surface area contributed by atoms with Gasteiger partial charge in [0.2, 0.25) is 5.91 Å². The van der Waals surface area contributed by atoms with E-state index in [1.807, 2.05) is 0 Å².